The molecule has 1 aliphatic carbocycles. The second kappa shape index (κ2) is 4.37. The van der Waals surface area contributed by atoms with Gasteiger partial charge >= 0.3 is 0 Å². The Morgan fingerprint density at radius 3 is 2.71 bits per heavy atom. The lowest BCUT2D eigenvalue weighted by Crippen LogP contribution is -2.13. The highest BCUT2D eigenvalue weighted by molar-refractivity contribution is 6.28. The standard InChI is InChI=1S/C11H16ClNO/c12-11-6-5-10(14-11)9(13)7-8-3-1-2-4-8/h5-6,8-9H,1-4,7,13H2. The quantitative estimate of drug-likeness (QED) is 0.835. The molecule has 2 N–H and O–H groups in total. The minimum Gasteiger partial charge on any atom is -0.448 e. The van der Waals surface area contributed by atoms with Gasteiger partial charge in [-0.1, -0.05) is 25.7 Å². The van der Waals surface area contributed by atoms with Crippen molar-refractivity contribution >= 4 is 11.6 Å². The highest BCUT2D eigenvalue weighted by atomic mass is 35.5. The van der Waals surface area contributed by atoms with Gasteiger partial charge in [0.1, 0.15) is 5.76 Å². The van der Waals surface area contributed by atoms with Crippen LogP contribution in [0.4, 0.5) is 0 Å². The lowest BCUT2D eigenvalue weighted by molar-refractivity contribution is 0.392. The molecule has 1 heterocycles. The minimum absolute atomic E-state index is 0.0191. The molecular weight excluding hydrogens is 198 g/mol. The Balaban J connectivity index is 1.91. The Morgan fingerprint density at radius 2 is 2.14 bits per heavy atom. The van der Waals surface area contributed by atoms with E-state index in [2.05, 4.69) is 0 Å². The molecule has 14 heavy (non-hydrogen) atoms. The van der Waals surface area contributed by atoms with Crippen molar-refractivity contribution in [2.24, 2.45) is 11.7 Å². The van der Waals surface area contributed by atoms with Crippen LogP contribution < -0.4 is 5.73 Å². The van der Waals surface area contributed by atoms with Crippen LogP contribution in [-0.4, -0.2) is 0 Å². The van der Waals surface area contributed by atoms with Crippen molar-refractivity contribution in [3.05, 3.63) is 23.1 Å². The Morgan fingerprint density at radius 1 is 1.43 bits per heavy atom. The minimum atomic E-state index is 0.0191. The maximum absolute atomic E-state index is 6.04. The molecule has 2 rings (SSSR count). The van der Waals surface area contributed by atoms with Gasteiger partial charge in [0.05, 0.1) is 6.04 Å². The lowest BCUT2D eigenvalue weighted by atomic mass is 9.98. The van der Waals surface area contributed by atoms with E-state index in [1.807, 2.05) is 6.07 Å². The van der Waals surface area contributed by atoms with E-state index in [-0.39, 0.29) is 6.04 Å². The summed E-state index contributed by atoms with van der Waals surface area (Å²) in [7, 11) is 0. The third kappa shape index (κ3) is 2.31. The van der Waals surface area contributed by atoms with Gasteiger partial charge in [-0.25, -0.2) is 0 Å². The van der Waals surface area contributed by atoms with Crippen molar-refractivity contribution in [3.8, 4) is 0 Å². The molecule has 0 radical (unpaired) electrons. The average molecular weight is 214 g/mol. The van der Waals surface area contributed by atoms with Gasteiger partial charge in [0, 0.05) is 0 Å². The molecule has 1 fully saturated rings. The van der Waals surface area contributed by atoms with Crippen LogP contribution in [0.1, 0.15) is 43.9 Å². The zero-order valence-electron chi connectivity index (χ0n) is 8.21. The third-order valence-corrected chi connectivity index (χ3v) is 3.22. The first kappa shape index (κ1) is 10.1. The molecule has 1 saturated carbocycles. The van der Waals surface area contributed by atoms with Crippen molar-refractivity contribution in [1.82, 2.24) is 0 Å². The number of rotatable bonds is 3. The molecule has 0 aliphatic heterocycles. The van der Waals surface area contributed by atoms with Gasteiger partial charge in [0.25, 0.3) is 0 Å². The second-order valence-electron chi connectivity index (χ2n) is 4.13. The summed E-state index contributed by atoms with van der Waals surface area (Å²) in [5.74, 6) is 1.61. The molecular formula is C11H16ClNO. The van der Waals surface area contributed by atoms with E-state index in [9.17, 15) is 0 Å². The van der Waals surface area contributed by atoms with Gasteiger partial charge < -0.3 is 10.2 Å². The van der Waals surface area contributed by atoms with E-state index in [1.165, 1.54) is 25.7 Å². The first-order chi connectivity index (χ1) is 6.75. The van der Waals surface area contributed by atoms with E-state index >= 15 is 0 Å². The zero-order chi connectivity index (χ0) is 9.97. The molecule has 1 unspecified atom stereocenters. The number of hydrogen-bond acceptors (Lipinski definition) is 2. The zero-order valence-corrected chi connectivity index (χ0v) is 8.96. The van der Waals surface area contributed by atoms with Gasteiger partial charge in [-0.2, -0.15) is 0 Å². The maximum atomic E-state index is 6.04. The first-order valence-electron chi connectivity index (χ1n) is 5.26. The number of nitrogens with two attached hydrogens (primary N) is 1. The van der Waals surface area contributed by atoms with Gasteiger partial charge in [-0.05, 0) is 36.1 Å². The summed E-state index contributed by atoms with van der Waals surface area (Å²) in [5, 5.41) is 0.432. The van der Waals surface area contributed by atoms with Crippen molar-refractivity contribution in [1.29, 1.82) is 0 Å². The topological polar surface area (TPSA) is 39.2 Å². The van der Waals surface area contributed by atoms with E-state index in [4.69, 9.17) is 21.8 Å². The predicted molar refractivity (Wildman–Crippen MR) is 57.2 cm³/mol. The van der Waals surface area contributed by atoms with Crippen LogP contribution in [0.25, 0.3) is 0 Å². The second-order valence-corrected chi connectivity index (χ2v) is 4.51. The molecule has 1 atom stereocenters. The van der Waals surface area contributed by atoms with E-state index in [0.717, 1.165) is 18.1 Å². The Kier molecular flexibility index (Phi) is 3.14. The van der Waals surface area contributed by atoms with E-state index < -0.39 is 0 Å². The molecule has 78 valence electrons. The van der Waals surface area contributed by atoms with Crippen LogP contribution in [0.3, 0.4) is 0 Å². The molecule has 1 aromatic rings. The number of furan rings is 1. The molecule has 0 bridgehead atoms. The average Bonchev–Trinajstić information content (AvgIpc) is 2.75. The summed E-state index contributed by atoms with van der Waals surface area (Å²) in [4.78, 5) is 0. The van der Waals surface area contributed by atoms with Crippen LogP contribution in [0.2, 0.25) is 5.22 Å². The summed E-state index contributed by atoms with van der Waals surface area (Å²) < 4.78 is 5.30. The first-order valence-corrected chi connectivity index (χ1v) is 5.64. The van der Waals surface area contributed by atoms with Crippen LogP contribution in [0.15, 0.2) is 16.5 Å². The van der Waals surface area contributed by atoms with Gasteiger partial charge in [0.2, 0.25) is 0 Å². The highest BCUT2D eigenvalue weighted by Gasteiger charge is 2.20. The summed E-state index contributed by atoms with van der Waals surface area (Å²) >= 11 is 5.70. The largest absolute Gasteiger partial charge is 0.448 e. The smallest absolute Gasteiger partial charge is 0.193 e. The fourth-order valence-electron chi connectivity index (χ4n) is 2.25. The number of halogens is 1. The van der Waals surface area contributed by atoms with Crippen molar-refractivity contribution in [2.45, 2.75) is 38.1 Å². The van der Waals surface area contributed by atoms with Crippen molar-refractivity contribution in [3.63, 3.8) is 0 Å². The molecule has 1 aromatic heterocycles. The third-order valence-electron chi connectivity index (χ3n) is 3.02. The maximum Gasteiger partial charge on any atom is 0.193 e. The van der Waals surface area contributed by atoms with Crippen LogP contribution in [-0.2, 0) is 0 Å². The normalized spacial score (nSPS) is 20.1. The summed E-state index contributed by atoms with van der Waals surface area (Å²) in [5.41, 5.74) is 6.04. The van der Waals surface area contributed by atoms with Crippen molar-refractivity contribution < 1.29 is 4.42 Å². The summed E-state index contributed by atoms with van der Waals surface area (Å²) in [6.07, 6.45) is 6.39. The molecule has 0 amide bonds. The van der Waals surface area contributed by atoms with Gasteiger partial charge in [-0.15, -0.1) is 0 Å². The molecule has 2 nitrogen and oxygen atoms in total. The van der Waals surface area contributed by atoms with Crippen LogP contribution >= 0.6 is 11.6 Å². The van der Waals surface area contributed by atoms with E-state index in [0.29, 0.717) is 5.22 Å². The SMILES string of the molecule is NC(CC1CCCC1)c1ccc(Cl)o1. The monoisotopic (exact) mass is 213 g/mol. The fraction of sp³-hybridized carbons (Fsp3) is 0.636. The predicted octanol–water partition coefficient (Wildman–Crippen LogP) is 3.51. The Bertz CT molecular complexity index is 291. The molecule has 0 spiro atoms. The summed E-state index contributed by atoms with van der Waals surface area (Å²) in [6, 6.07) is 3.65. The summed E-state index contributed by atoms with van der Waals surface area (Å²) in [6.45, 7) is 0. The van der Waals surface area contributed by atoms with Crippen molar-refractivity contribution in [2.75, 3.05) is 0 Å². The van der Waals surface area contributed by atoms with Gasteiger partial charge in [-0.3, -0.25) is 0 Å². The van der Waals surface area contributed by atoms with Crippen LogP contribution in [0.5, 0.6) is 0 Å². The highest BCUT2D eigenvalue weighted by Crippen LogP contribution is 2.32. The van der Waals surface area contributed by atoms with Crippen LogP contribution in [0, 0.1) is 5.92 Å². The molecule has 0 saturated heterocycles. The van der Waals surface area contributed by atoms with Gasteiger partial charge in [0.15, 0.2) is 5.22 Å². The Labute approximate surface area is 89.4 Å². The molecule has 1 aliphatic rings. The lowest BCUT2D eigenvalue weighted by Gasteiger charge is -2.13. The molecule has 3 heteroatoms. The fourth-order valence-corrected chi connectivity index (χ4v) is 2.40. The van der Waals surface area contributed by atoms with E-state index in [1.54, 1.807) is 6.07 Å². The molecule has 0 aromatic carbocycles. The Hall–Kier alpha value is -0.470. The number of hydrogen-bond donors (Lipinski definition) is 1.